The zero-order chi connectivity index (χ0) is 15.6. The number of aryl methyl sites for hydroxylation is 1. The van der Waals surface area contributed by atoms with Gasteiger partial charge in [-0.25, -0.2) is 4.79 Å². The van der Waals surface area contributed by atoms with Crippen molar-refractivity contribution in [1.82, 2.24) is 4.98 Å². The van der Waals surface area contributed by atoms with Crippen LogP contribution < -0.4 is 0 Å². The van der Waals surface area contributed by atoms with E-state index < -0.39 is 5.97 Å². The summed E-state index contributed by atoms with van der Waals surface area (Å²) in [5.74, 6) is -0.915. The minimum Gasteiger partial charge on any atom is -0.478 e. The maximum Gasteiger partial charge on any atom is 0.337 e. The van der Waals surface area contributed by atoms with Crippen LogP contribution in [0.3, 0.4) is 0 Å². The third kappa shape index (κ3) is 3.13. The van der Waals surface area contributed by atoms with E-state index in [1.165, 1.54) is 0 Å². The zero-order valence-electron chi connectivity index (χ0n) is 13.0. The molecule has 0 radical (unpaired) electrons. The molecule has 1 aromatic carbocycles. The van der Waals surface area contributed by atoms with Crippen molar-refractivity contribution in [1.29, 1.82) is 0 Å². The minimum absolute atomic E-state index is 0.305. The van der Waals surface area contributed by atoms with Crippen LogP contribution in [-0.2, 0) is 11.8 Å². The molecule has 0 unspecified atom stereocenters. The lowest BCUT2D eigenvalue weighted by Crippen LogP contribution is -2.20. The molecule has 1 aromatic heterocycles. The number of nitrogens with zero attached hydrogens (tertiary/aromatic N) is 1. The topological polar surface area (TPSA) is 50.2 Å². The van der Waals surface area contributed by atoms with Crippen LogP contribution >= 0.6 is 0 Å². The van der Waals surface area contributed by atoms with Crippen LogP contribution in [0.2, 0.25) is 0 Å². The van der Waals surface area contributed by atoms with Gasteiger partial charge in [0.15, 0.2) is 0 Å². The molecule has 0 atom stereocenters. The first-order valence-electron chi connectivity index (χ1n) is 7.17. The summed E-state index contributed by atoms with van der Waals surface area (Å²) in [5, 5.41) is 9.47. The van der Waals surface area contributed by atoms with Gasteiger partial charge < -0.3 is 5.11 Å². The van der Waals surface area contributed by atoms with Gasteiger partial charge in [0.05, 0.1) is 17.0 Å². The molecule has 0 aliphatic carbocycles. The summed E-state index contributed by atoms with van der Waals surface area (Å²) >= 11 is 0. The molecule has 3 heteroatoms. The Morgan fingerprint density at radius 2 is 1.81 bits per heavy atom. The van der Waals surface area contributed by atoms with Crippen LogP contribution in [0, 0.1) is 0 Å². The van der Waals surface area contributed by atoms with Gasteiger partial charge >= 0.3 is 5.97 Å². The Balaban J connectivity index is 2.75. The van der Waals surface area contributed by atoms with Crippen molar-refractivity contribution >= 4 is 5.97 Å². The van der Waals surface area contributed by atoms with E-state index in [9.17, 15) is 9.90 Å². The fourth-order valence-electron chi connectivity index (χ4n) is 2.40. The normalized spacial score (nSPS) is 11.4. The summed E-state index contributed by atoms with van der Waals surface area (Å²) in [4.78, 5) is 16.3. The Bertz CT molecular complexity index is 655. The van der Waals surface area contributed by atoms with Crippen molar-refractivity contribution in [3.8, 4) is 11.3 Å². The lowest BCUT2D eigenvalue weighted by Gasteiger charge is -2.22. The van der Waals surface area contributed by atoms with Gasteiger partial charge in [0.1, 0.15) is 0 Å². The van der Waals surface area contributed by atoms with Gasteiger partial charge in [-0.2, -0.15) is 0 Å². The summed E-state index contributed by atoms with van der Waals surface area (Å²) in [5.41, 5.74) is 3.49. The number of rotatable bonds is 3. The van der Waals surface area contributed by atoms with E-state index in [0.717, 1.165) is 23.2 Å². The predicted molar refractivity (Wildman–Crippen MR) is 84.7 cm³/mol. The highest BCUT2D eigenvalue weighted by molar-refractivity contribution is 5.90. The molecule has 1 heterocycles. The zero-order valence-corrected chi connectivity index (χ0v) is 13.0. The fraction of sp³-hybridized carbons (Fsp3) is 0.333. The van der Waals surface area contributed by atoms with E-state index in [-0.39, 0.29) is 5.41 Å². The van der Waals surface area contributed by atoms with E-state index in [2.05, 4.69) is 0 Å². The van der Waals surface area contributed by atoms with Crippen molar-refractivity contribution in [2.45, 2.75) is 39.5 Å². The molecule has 0 bridgehead atoms. The Labute approximate surface area is 125 Å². The van der Waals surface area contributed by atoms with Crippen LogP contribution in [0.15, 0.2) is 36.4 Å². The number of pyridine rings is 1. The number of carbonyl (C=O) groups is 1. The monoisotopic (exact) mass is 283 g/mol. The average Bonchev–Trinajstić information content (AvgIpc) is 2.45. The Kier molecular flexibility index (Phi) is 4.12. The van der Waals surface area contributed by atoms with Crippen molar-refractivity contribution in [2.75, 3.05) is 0 Å². The third-order valence-corrected chi connectivity index (χ3v) is 3.47. The molecular weight excluding hydrogens is 262 g/mol. The first-order chi connectivity index (χ1) is 9.84. The third-order valence-electron chi connectivity index (χ3n) is 3.47. The minimum atomic E-state index is -0.915. The first-order valence-corrected chi connectivity index (χ1v) is 7.17. The number of aromatic nitrogens is 1. The number of hydrogen-bond acceptors (Lipinski definition) is 2. The number of aromatic carboxylic acids is 1. The number of hydrogen-bond donors (Lipinski definition) is 1. The van der Waals surface area contributed by atoms with Gasteiger partial charge in [-0.15, -0.1) is 0 Å². The van der Waals surface area contributed by atoms with Gasteiger partial charge in [0.2, 0.25) is 0 Å². The largest absolute Gasteiger partial charge is 0.478 e. The standard InChI is InChI=1S/C18H21NO2/c1-5-12-11-14(17(20)21)16(18(2,3)4)19-15(12)13-9-7-6-8-10-13/h6-11H,5H2,1-4H3,(H,20,21). The van der Waals surface area contributed by atoms with E-state index in [4.69, 9.17) is 4.98 Å². The Morgan fingerprint density at radius 3 is 2.29 bits per heavy atom. The smallest absolute Gasteiger partial charge is 0.337 e. The van der Waals surface area contributed by atoms with E-state index in [1.807, 2.05) is 58.0 Å². The molecular formula is C18H21NO2. The predicted octanol–water partition coefficient (Wildman–Crippen LogP) is 4.31. The second-order valence-corrected chi connectivity index (χ2v) is 6.17. The SMILES string of the molecule is CCc1cc(C(=O)O)c(C(C)(C)C)nc1-c1ccccc1. The second-order valence-electron chi connectivity index (χ2n) is 6.17. The molecule has 0 saturated carbocycles. The molecule has 2 aromatic rings. The molecule has 0 aliphatic rings. The summed E-state index contributed by atoms with van der Waals surface area (Å²) in [7, 11) is 0. The van der Waals surface area contributed by atoms with Gasteiger partial charge in [-0.05, 0) is 18.1 Å². The molecule has 1 N–H and O–H groups in total. The molecule has 3 nitrogen and oxygen atoms in total. The summed E-state index contributed by atoms with van der Waals surface area (Å²) in [6, 6.07) is 11.7. The van der Waals surface area contributed by atoms with E-state index >= 15 is 0 Å². The van der Waals surface area contributed by atoms with Crippen LogP contribution in [0.1, 0.15) is 49.3 Å². The van der Waals surface area contributed by atoms with Crippen molar-refractivity contribution in [2.24, 2.45) is 0 Å². The molecule has 0 spiro atoms. The molecule has 2 rings (SSSR count). The highest BCUT2D eigenvalue weighted by Gasteiger charge is 2.25. The highest BCUT2D eigenvalue weighted by atomic mass is 16.4. The maximum atomic E-state index is 11.5. The van der Waals surface area contributed by atoms with Crippen LogP contribution in [0.4, 0.5) is 0 Å². The maximum absolute atomic E-state index is 11.5. The molecule has 0 saturated heterocycles. The Morgan fingerprint density at radius 1 is 1.19 bits per heavy atom. The average molecular weight is 283 g/mol. The lowest BCUT2D eigenvalue weighted by molar-refractivity contribution is 0.0693. The summed E-state index contributed by atoms with van der Waals surface area (Å²) in [6.07, 6.45) is 0.752. The van der Waals surface area contributed by atoms with E-state index in [1.54, 1.807) is 6.07 Å². The summed E-state index contributed by atoms with van der Waals surface area (Å²) < 4.78 is 0. The Hall–Kier alpha value is -2.16. The number of carboxylic acids is 1. The number of carboxylic acid groups (broad SMARTS) is 1. The van der Waals surface area contributed by atoms with Gasteiger partial charge in [-0.3, -0.25) is 4.98 Å². The fourth-order valence-corrected chi connectivity index (χ4v) is 2.40. The molecule has 0 aliphatic heterocycles. The number of benzene rings is 1. The van der Waals surface area contributed by atoms with Crippen LogP contribution in [-0.4, -0.2) is 16.1 Å². The highest BCUT2D eigenvalue weighted by Crippen LogP contribution is 2.30. The van der Waals surface area contributed by atoms with Crippen molar-refractivity contribution in [3.63, 3.8) is 0 Å². The van der Waals surface area contributed by atoms with Crippen molar-refractivity contribution in [3.05, 3.63) is 53.2 Å². The molecule has 110 valence electrons. The molecule has 21 heavy (non-hydrogen) atoms. The molecule has 0 amide bonds. The lowest BCUT2D eigenvalue weighted by atomic mass is 9.86. The quantitative estimate of drug-likeness (QED) is 0.913. The van der Waals surface area contributed by atoms with Gasteiger partial charge in [0, 0.05) is 11.0 Å². The first kappa shape index (κ1) is 15.2. The van der Waals surface area contributed by atoms with Crippen LogP contribution in [0.25, 0.3) is 11.3 Å². The van der Waals surface area contributed by atoms with Crippen molar-refractivity contribution < 1.29 is 9.90 Å². The van der Waals surface area contributed by atoms with Crippen LogP contribution in [0.5, 0.6) is 0 Å². The van der Waals surface area contributed by atoms with Gasteiger partial charge in [-0.1, -0.05) is 58.0 Å². The second kappa shape index (κ2) is 5.68. The van der Waals surface area contributed by atoms with Gasteiger partial charge in [0.25, 0.3) is 0 Å². The molecule has 0 fully saturated rings. The summed E-state index contributed by atoms with van der Waals surface area (Å²) in [6.45, 7) is 7.98. The van der Waals surface area contributed by atoms with E-state index in [0.29, 0.717) is 11.3 Å².